The minimum atomic E-state index is -3.71. The lowest BCUT2D eigenvalue weighted by Crippen LogP contribution is -2.31. The molecule has 5 aromatic carbocycles. The molecule has 0 unspecified atom stereocenters. The lowest BCUT2D eigenvalue weighted by molar-refractivity contribution is -0.129. The molecule has 4 N–H and O–H groups in total. The third-order valence-electron chi connectivity index (χ3n) is 9.00. The summed E-state index contributed by atoms with van der Waals surface area (Å²) >= 11 is 0. The van der Waals surface area contributed by atoms with Crippen LogP contribution in [0.25, 0.3) is 16.7 Å². The molecule has 6 aromatic rings. The molecule has 0 saturated heterocycles. The zero-order valence-electron chi connectivity index (χ0n) is 30.3. The van der Waals surface area contributed by atoms with Crippen molar-refractivity contribution in [3.05, 3.63) is 155 Å². The van der Waals surface area contributed by atoms with E-state index in [0.29, 0.717) is 55.0 Å². The number of aryl methyl sites for hydroxylation is 2. The van der Waals surface area contributed by atoms with Crippen LogP contribution in [0.4, 0.5) is 0 Å². The number of carbonyl (C=O) groups is 4. The number of benzene rings is 5. The zero-order valence-corrected chi connectivity index (χ0v) is 31.2. The van der Waals surface area contributed by atoms with Crippen LogP contribution in [-0.4, -0.2) is 43.3 Å². The fourth-order valence-electron chi connectivity index (χ4n) is 6.34. The molecule has 278 valence electrons. The standard InChI is InChI=1S/C42H39N6O6P/c1-4-37(49)45-26-31-21-30(22-36(41(31)52)48-46-34-17-11-12-18-35(34)47-48)25-44-39(51)23-38(50)43-24-29-19-27(2)40(28(3)20-29)42(53)55(54,32-13-7-5-8-14-32)33-15-9-6-10-16-33/h4-22,52H,1,23-26H2,2-3H3,(H,43,50)(H,44,51)(H,45,49). The largest absolute Gasteiger partial charge is 0.505 e. The van der Waals surface area contributed by atoms with Gasteiger partial charge in [-0.3, -0.25) is 19.2 Å². The molecule has 6 rings (SSSR count). The van der Waals surface area contributed by atoms with Gasteiger partial charge in [0.2, 0.25) is 30.4 Å². The second-order valence-electron chi connectivity index (χ2n) is 12.9. The Kier molecular flexibility index (Phi) is 11.5. The number of aromatic hydroxyl groups is 1. The number of hydrogen-bond acceptors (Lipinski definition) is 8. The van der Waals surface area contributed by atoms with Gasteiger partial charge < -0.3 is 25.6 Å². The van der Waals surface area contributed by atoms with E-state index in [1.54, 1.807) is 98.8 Å². The van der Waals surface area contributed by atoms with Gasteiger partial charge in [0.1, 0.15) is 28.9 Å². The normalized spacial score (nSPS) is 11.2. The highest BCUT2D eigenvalue weighted by molar-refractivity contribution is 7.93. The molecule has 0 radical (unpaired) electrons. The van der Waals surface area contributed by atoms with Crippen LogP contribution in [0.5, 0.6) is 5.75 Å². The van der Waals surface area contributed by atoms with Crippen LogP contribution in [0.3, 0.4) is 0 Å². The van der Waals surface area contributed by atoms with Crippen LogP contribution >= 0.6 is 7.14 Å². The molecule has 0 aliphatic rings. The van der Waals surface area contributed by atoms with E-state index in [9.17, 15) is 28.8 Å². The number of rotatable bonds is 14. The molecule has 1 aromatic heterocycles. The number of hydrogen-bond donors (Lipinski definition) is 4. The third-order valence-corrected chi connectivity index (χ3v) is 11.8. The molecule has 0 aliphatic carbocycles. The van der Waals surface area contributed by atoms with Crippen LogP contribution in [0.2, 0.25) is 0 Å². The molecule has 3 amide bonds. The molecule has 13 heteroatoms. The second-order valence-corrected chi connectivity index (χ2v) is 15.6. The van der Waals surface area contributed by atoms with E-state index in [4.69, 9.17) is 0 Å². The van der Waals surface area contributed by atoms with Gasteiger partial charge >= 0.3 is 0 Å². The maximum atomic E-state index is 14.7. The van der Waals surface area contributed by atoms with Gasteiger partial charge in [0.05, 0.1) is 0 Å². The van der Waals surface area contributed by atoms with E-state index in [0.717, 1.165) is 6.08 Å². The first-order chi connectivity index (χ1) is 26.5. The van der Waals surface area contributed by atoms with Gasteiger partial charge in [-0.2, -0.15) is 0 Å². The Morgan fingerprint density at radius 1 is 0.709 bits per heavy atom. The van der Waals surface area contributed by atoms with Crippen molar-refractivity contribution in [2.24, 2.45) is 0 Å². The van der Waals surface area contributed by atoms with Gasteiger partial charge in [-0.1, -0.05) is 91.5 Å². The summed E-state index contributed by atoms with van der Waals surface area (Å²) in [5.41, 5.74) is 4.24. The molecule has 12 nitrogen and oxygen atoms in total. The Labute approximate surface area is 317 Å². The van der Waals surface area contributed by atoms with Crippen molar-refractivity contribution in [1.29, 1.82) is 0 Å². The van der Waals surface area contributed by atoms with Gasteiger partial charge in [0.15, 0.2) is 0 Å². The predicted octanol–water partition coefficient (Wildman–Crippen LogP) is 5.02. The van der Waals surface area contributed by atoms with E-state index in [1.807, 2.05) is 24.3 Å². The van der Waals surface area contributed by atoms with Crippen LogP contribution in [-0.2, 0) is 38.6 Å². The molecule has 1 heterocycles. The van der Waals surface area contributed by atoms with E-state index in [-0.39, 0.29) is 31.1 Å². The fourth-order valence-corrected chi connectivity index (χ4v) is 8.95. The van der Waals surface area contributed by atoms with E-state index < -0.39 is 36.8 Å². The molecule has 0 aliphatic heterocycles. The van der Waals surface area contributed by atoms with Crippen molar-refractivity contribution in [3.8, 4) is 11.4 Å². The number of phenolic OH excluding ortho intramolecular Hbond substituents is 1. The number of carbonyl (C=O) groups excluding carboxylic acids is 4. The van der Waals surface area contributed by atoms with Crippen LogP contribution in [0.15, 0.2) is 122 Å². The highest BCUT2D eigenvalue weighted by Gasteiger charge is 2.38. The lowest BCUT2D eigenvalue weighted by Gasteiger charge is -2.21. The summed E-state index contributed by atoms with van der Waals surface area (Å²) in [6, 6.07) is 31.5. The van der Waals surface area contributed by atoms with Crippen molar-refractivity contribution in [2.75, 3.05) is 0 Å². The highest BCUT2D eigenvalue weighted by atomic mass is 31.2. The first-order valence-corrected chi connectivity index (χ1v) is 19.2. The Hall–Kier alpha value is -6.65. The van der Waals surface area contributed by atoms with Crippen molar-refractivity contribution in [3.63, 3.8) is 0 Å². The van der Waals surface area contributed by atoms with E-state index in [1.165, 1.54) is 4.80 Å². The number of aromatic nitrogens is 3. The fraction of sp³-hybridized carbons (Fsp3) is 0.143. The van der Waals surface area contributed by atoms with E-state index in [2.05, 4.69) is 32.7 Å². The summed E-state index contributed by atoms with van der Waals surface area (Å²) < 4.78 is 14.7. The van der Waals surface area contributed by atoms with Gasteiger partial charge in [-0.25, -0.2) is 0 Å². The molecule has 0 fully saturated rings. The number of amides is 3. The second kappa shape index (κ2) is 16.6. The summed E-state index contributed by atoms with van der Waals surface area (Å²) in [7, 11) is -3.71. The van der Waals surface area contributed by atoms with Crippen LogP contribution in [0.1, 0.15) is 44.6 Å². The summed E-state index contributed by atoms with van der Waals surface area (Å²) in [5, 5.41) is 29.0. The van der Waals surface area contributed by atoms with Gasteiger partial charge in [-0.15, -0.1) is 15.0 Å². The van der Waals surface area contributed by atoms with Crippen LogP contribution in [0, 0.1) is 13.8 Å². The molecule has 0 atom stereocenters. The Morgan fingerprint density at radius 3 is 1.71 bits per heavy atom. The Bertz CT molecular complexity index is 2380. The monoisotopic (exact) mass is 754 g/mol. The predicted molar refractivity (Wildman–Crippen MR) is 211 cm³/mol. The summed E-state index contributed by atoms with van der Waals surface area (Å²) in [5.74, 6) is -1.64. The average Bonchev–Trinajstić information content (AvgIpc) is 3.63. The Balaban J connectivity index is 1.12. The average molecular weight is 755 g/mol. The van der Waals surface area contributed by atoms with Crippen LogP contribution < -0.4 is 26.6 Å². The molecule has 55 heavy (non-hydrogen) atoms. The molecular formula is C42H39N6O6P. The SMILES string of the molecule is C=CC(=O)NCc1cc(CNC(=O)CC(=O)NCc2cc(C)c(C(=O)P(=O)(c3ccccc3)c3ccccc3)c(C)c2)cc(-n2nc3ccccc3n2)c1O. The van der Waals surface area contributed by atoms with Gasteiger partial charge in [0, 0.05) is 41.4 Å². The molecule has 0 bridgehead atoms. The maximum absolute atomic E-state index is 14.7. The number of nitrogens with zero attached hydrogens (tertiary/aromatic N) is 3. The van der Waals surface area contributed by atoms with Crippen molar-refractivity contribution in [2.45, 2.75) is 39.9 Å². The smallest absolute Gasteiger partial charge is 0.243 e. The number of nitrogens with one attached hydrogen (secondary N) is 3. The number of fused-ring (bicyclic) bond motifs is 1. The minimum Gasteiger partial charge on any atom is -0.505 e. The lowest BCUT2D eigenvalue weighted by atomic mass is 10.00. The Morgan fingerprint density at radius 2 is 1.20 bits per heavy atom. The van der Waals surface area contributed by atoms with Gasteiger partial charge in [-0.05, 0) is 66.4 Å². The number of phenols is 1. The summed E-state index contributed by atoms with van der Waals surface area (Å²) in [6.45, 7) is 7.08. The zero-order chi connectivity index (χ0) is 39.1. The molecule has 0 saturated carbocycles. The molecule has 0 spiro atoms. The van der Waals surface area contributed by atoms with Gasteiger partial charge in [0.25, 0.3) is 0 Å². The first kappa shape index (κ1) is 38.1. The minimum absolute atomic E-state index is 0.00624. The maximum Gasteiger partial charge on any atom is 0.243 e. The third kappa shape index (κ3) is 8.45. The highest BCUT2D eigenvalue weighted by Crippen LogP contribution is 2.48. The quantitative estimate of drug-likeness (QED) is 0.0682. The van der Waals surface area contributed by atoms with Crippen molar-refractivity contribution >= 4 is 52.0 Å². The summed E-state index contributed by atoms with van der Waals surface area (Å²) in [6.07, 6.45) is 0.663. The van der Waals surface area contributed by atoms with Crippen molar-refractivity contribution in [1.82, 2.24) is 30.9 Å². The van der Waals surface area contributed by atoms with E-state index >= 15 is 0 Å². The van der Waals surface area contributed by atoms with Crippen molar-refractivity contribution < 1.29 is 28.8 Å². The first-order valence-electron chi connectivity index (χ1n) is 17.4. The molecular weight excluding hydrogens is 715 g/mol. The topological polar surface area (TPSA) is 172 Å². The summed E-state index contributed by atoms with van der Waals surface area (Å²) in [4.78, 5) is 53.1.